The molecule has 3 atom stereocenters. The Kier molecular flexibility index (Phi) is 9.92. The molecule has 1 aromatic carbocycles. The minimum absolute atomic E-state index is 0.0821. The second kappa shape index (κ2) is 12.1. The number of carboxylic acid groups (broad SMARTS) is 1. The van der Waals surface area contributed by atoms with Gasteiger partial charge in [-0.1, -0.05) is 12.1 Å². The number of carbonyl (C=O) groups excluding carboxylic acids is 4. The van der Waals surface area contributed by atoms with E-state index in [2.05, 4.69) is 16.0 Å². The van der Waals surface area contributed by atoms with Crippen LogP contribution in [-0.2, 0) is 30.4 Å². The van der Waals surface area contributed by atoms with Crippen LogP contribution in [0.15, 0.2) is 24.3 Å². The first-order valence-corrected chi connectivity index (χ1v) is 9.41. The number of hydrogen-bond donors (Lipinski definition) is 7. The molecule has 0 aliphatic heterocycles. The molecular formula is C19H27N5O7. The molecule has 0 heterocycles. The fourth-order valence-corrected chi connectivity index (χ4v) is 2.47. The van der Waals surface area contributed by atoms with Gasteiger partial charge < -0.3 is 37.6 Å². The van der Waals surface area contributed by atoms with Crippen molar-refractivity contribution in [1.82, 2.24) is 16.0 Å². The van der Waals surface area contributed by atoms with Gasteiger partial charge in [-0.3, -0.25) is 19.2 Å². The first-order valence-electron chi connectivity index (χ1n) is 9.41. The van der Waals surface area contributed by atoms with Crippen LogP contribution in [-0.4, -0.2) is 64.5 Å². The highest BCUT2D eigenvalue weighted by Crippen LogP contribution is 2.10. The third-order valence-corrected chi connectivity index (χ3v) is 4.22. The highest BCUT2D eigenvalue weighted by molar-refractivity contribution is 5.92. The SMILES string of the molecule is C[C@H](NC(=O)[C@@H](N)Cc1ccc(O)cc1)C(=O)NCC(=O)N[C@@H](CCC(N)=O)C(=O)O. The van der Waals surface area contributed by atoms with Gasteiger partial charge in [0, 0.05) is 6.42 Å². The quantitative estimate of drug-likeness (QED) is 0.189. The summed E-state index contributed by atoms with van der Waals surface area (Å²) in [5, 5.41) is 25.2. The van der Waals surface area contributed by atoms with E-state index in [4.69, 9.17) is 16.6 Å². The third-order valence-electron chi connectivity index (χ3n) is 4.22. The maximum Gasteiger partial charge on any atom is 0.326 e. The Labute approximate surface area is 178 Å². The number of aromatic hydroxyl groups is 1. The highest BCUT2D eigenvalue weighted by Gasteiger charge is 2.23. The zero-order valence-electron chi connectivity index (χ0n) is 17.0. The van der Waals surface area contributed by atoms with Gasteiger partial charge >= 0.3 is 5.97 Å². The standard InChI is InChI=1S/C19H27N5O7/c1-10(23-18(29)13(20)8-11-2-4-12(25)5-3-11)17(28)22-9-16(27)24-14(19(30)31)6-7-15(21)26/h2-5,10,13-14,25H,6-9,20H2,1H3,(H2,21,26)(H,22,28)(H,23,29)(H,24,27)(H,30,31)/t10-,13-,14-/m0/s1. The molecule has 0 aromatic heterocycles. The van der Waals surface area contributed by atoms with Gasteiger partial charge in [-0.2, -0.15) is 0 Å². The van der Waals surface area contributed by atoms with Crippen molar-refractivity contribution in [3.63, 3.8) is 0 Å². The average molecular weight is 437 g/mol. The predicted octanol–water partition coefficient (Wildman–Crippen LogP) is -2.28. The van der Waals surface area contributed by atoms with Gasteiger partial charge in [0.05, 0.1) is 12.6 Å². The van der Waals surface area contributed by atoms with E-state index >= 15 is 0 Å². The van der Waals surface area contributed by atoms with E-state index in [1.807, 2.05) is 0 Å². The number of phenolic OH excluding ortho intramolecular Hbond substituents is 1. The van der Waals surface area contributed by atoms with Crippen molar-refractivity contribution >= 4 is 29.6 Å². The lowest BCUT2D eigenvalue weighted by Gasteiger charge is -2.18. The monoisotopic (exact) mass is 437 g/mol. The molecule has 4 amide bonds. The van der Waals surface area contributed by atoms with Gasteiger partial charge in [0.15, 0.2) is 0 Å². The summed E-state index contributed by atoms with van der Waals surface area (Å²) >= 11 is 0. The lowest BCUT2D eigenvalue weighted by molar-refractivity contribution is -0.142. The molecule has 1 aromatic rings. The average Bonchev–Trinajstić information content (AvgIpc) is 2.70. The molecule has 0 aliphatic carbocycles. The Morgan fingerprint density at radius 2 is 1.65 bits per heavy atom. The van der Waals surface area contributed by atoms with E-state index in [1.54, 1.807) is 12.1 Å². The summed E-state index contributed by atoms with van der Waals surface area (Å²) in [4.78, 5) is 58.0. The van der Waals surface area contributed by atoms with Crippen LogP contribution in [0.4, 0.5) is 0 Å². The van der Waals surface area contributed by atoms with E-state index in [0.29, 0.717) is 0 Å². The van der Waals surface area contributed by atoms with E-state index < -0.39 is 54.3 Å². The maximum atomic E-state index is 12.2. The summed E-state index contributed by atoms with van der Waals surface area (Å²) in [7, 11) is 0. The molecule has 0 saturated carbocycles. The first-order chi connectivity index (χ1) is 14.5. The zero-order valence-corrected chi connectivity index (χ0v) is 17.0. The second-order valence-electron chi connectivity index (χ2n) is 6.89. The van der Waals surface area contributed by atoms with Crippen molar-refractivity contribution < 1.29 is 34.2 Å². The summed E-state index contributed by atoms with van der Waals surface area (Å²) in [6.45, 7) is 0.865. The lowest BCUT2D eigenvalue weighted by atomic mass is 10.1. The van der Waals surface area contributed by atoms with Crippen LogP contribution in [0.5, 0.6) is 5.75 Å². The van der Waals surface area contributed by atoms with Crippen molar-refractivity contribution in [2.24, 2.45) is 11.5 Å². The van der Waals surface area contributed by atoms with Gasteiger partial charge in [-0.15, -0.1) is 0 Å². The molecule has 0 bridgehead atoms. The summed E-state index contributed by atoms with van der Waals surface area (Å²) in [6.07, 6.45) is -0.225. The Morgan fingerprint density at radius 3 is 2.19 bits per heavy atom. The Bertz CT molecular complexity index is 812. The molecule has 1 rings (SSSR count). The van der Waals surface area contributed by atoms with Crippen LogP contribution in [0.3, 0.4) is 0 Å². The number of primary amides is 1. The number of hydrogen-bond acceptors (Lipinski definition) is 7. The third kappa shape index (κ3) is 9.58. The van der Waals surface area contributed by atoms with Gasteiger partial charge in [-0.05, 0) is 37.5 Å². The van der Waals surface area contributed by atoms with Crippen LogP contribution < -0.4 is 27.4 Å². The van der Waals surface area contributed by atoms with Crippen molar-refractivity contribution in [3.8, 4) is 5.75 Å². The predicted molar refractivity (Wildman–Crippen MR) is 108 cm³/mol. The Morgan fingerprint density at radius 1 is 1.03 bits per heavy atom. The largest absolute Gasteiger partial charge is 0.508 e. The zero-order chi connectivity index (χ0) is 23.6. The van der Waals surface area contributed by atoms with Crippen LogP contribution >= 0.6 is 0 Å². The topological polar surface area (TPSA) is 214 Å². The van der Waals surface area contributed by atoms with Crippen molar-refractivity contribution in [2.75, 3.05) is 6.54 Å². The molecule has 9 N–H and O–H groups in total. The highest BCUT2D eigenvalue weighted by atomic mass is 16.4. The van der Waals surface area contributed by atoms with Gasteiger partial charge in [-0.25, -0.2) is 4.79 Å². The van der Waals surface area contributed by atoms with Gasteiger partial charge in [0.1, 0.15) is 17.8 Å². The summed E-state index contributed by atoms with van der Waals surface area (Å²) in [6, 6.07) is 2.89. The number of phenols is 1. The number of amides is 4. The molecule has 0 spiro atoms. The normalized spacial score (nSPS) is 13.4. The van der Waals surface area contributed by atoms with Crippen LogP contribution in [0.25, 0.3) is 0 Å². The molecule has 0 saturated heterocycles. The van der Waals surface area contributed by atoms with E-state index in [1.165, 1.54) is 19.1 Å². The summed E-state index contributed by atoms with van der Waals surface area (Å²) < 4.78 is 0. The number of rotatable bonds is 12. The molecule has 31 heavy (non-hydrogen) atoms. The molecule has 170 valence electrons. The van der Waals surface area contributed by atoms with Crippen molar-refractivity contribution in [3.05, 3.63) is 29.8 Å². The van der Waals surface area contributed by atoms with Crippen LogP contribution in [0.1, 0.15) is 25.3 Å². The van der Waals surface area contributed by atoms with Crippen molar-refractivity contribution in [2.45, 2.75) is 44.3 Å². The number of benzene rings is 1. The molecule has 0 fully saturated rings. The fourth-order valence-electron chi connectivity index (χ4n) is 2.47. The number of carboxylic acids is 1. The summed E-state index contributed by atoms with van der Waals surface area (Å²) in [5.41, 5.74) is 11.5. The lowest BCUT2D eigenvalue weighted by Crippen LogP contribution is -2.52. The number of nitrogens with two attached hydrogens (primary N) is 2. The molecule has 12 heteroatoms. The smallest absolute Gasteiger partial charge is 0.326 e. The van der Waals surface area contributed by atoms with Crippen LogP contribution in [0.2, 0.25) is 0 Å². The molecule has 12 nitrogen and oxygen atoms in total. The first kappa shape index (κ1) is 25.4. The minimum atomic E-state index is -1.34. The Hall–Kier alpha value is -3.67. The fraction of sp³-hybridized carbons (Fsp3) is 0.421. The molecular weight excluding hydrogens is 410 g/mol. The van der Waals surface area contributed by atoms with Crippen LogP contribution in [0, 0.1) is 0 Å². The number of carbonyl (C=O) groups is 5. The van der Waals surface area contributed by atoms with Gasteiger partial charge in [0.2, 0.25) is 23.6 Å². The maximum absolute atomic E-state index is 12.2. The molecule has 0 radical (unpaired) electrons. The second-order valence-corrected chi connectivity index (χ2v) is 6.89. The Balaban J connectivity index is 2.45. The minimum Gasteiger partial charge on any atom is -0.508 e. The van der Waals surface area contributed by atoms with E-state index in [-0.39, 0.29) is 25.0 Å². The van der Waals surface area contributed by atoms with Crippen molar-refractivity contribution in [1.29, 1.82) is 0 Å². The number of nitrogens with one attached hydrogen (secondary N) is 3. The van der Waals surface area contributed by atoms with E-state index in [0.717, 1.165) is 5.56 Å². The van der Waals surface area contributed by atoms with E-state index in [9.17, 15) is 29.1 Å². The number of aliphatic carboxylic acids is 1. The van der Waals surface area contributed by atoms with Gasteiger partial charge in [0.25, 0.3) is 0 Å². The molecule has 0 aliphatic rings. The molecule has 0 unspecified atom stereocenters. The summed E-state index contributed by atoms with van der Waals surface area (Å²) in [5.74, 6) is -4.01.